The van der Waals surface area contributed by atoms with Gasteiger partial charge in [0.15, 0.2) is 5.65 Å². The summed E-state index contributed by atoms with van der Waals surface area (Å²) in [6.45, 7) is 0. The quantitative estimate of drug-likeness (QED) is 0.501. The molecule has 4 aromatic rings. The van der Waals surface area contributed by atoms with Crippen molar-refractivity contribution in [1.82, 2.24) is 19.5 Å². The zero-order valence-corrected chi connectivity index (χ0v) is 14.4. The number of benzene rings is 1. The highest BCUT2D eigenvalue weighted by Gasteiger charge is 2.34. The summed E-state index contributed by atoms with van der Waals surface area (Å²) in [5, 5.41) is 0.999. The molecule has 0 bridgehead atoms. The molecule has 1 fully saturated rings. The first-order valence-electron chi connectivity index (χ1n) is 9.05. The molecule has 4 nitrogen and oxygen atoms in total. The van der Waals surface area contributed by atoms with Crippen LogP contribution in [0.25, 0.3) is 27.8 Å². The average Bonchev–Trinajstić information content (AvgIpc) is 3.37. The minimum absolute atomic E-state index is 0.246. The molecule has 0 atom stereocenters. The predicted octanol–water partition coefficient (Wildman–Crippen LogP) is 5.58. The van der Waals surface area contributed by atoms with E-state index in [9.17, 15) is 13.2 Å². The lowest BCUT2D eigenvalue weighted by atomic mass is 10.1. The number of rotatable bonds is 2. The number of alkyl halides is 3. The molecule has 1 aromatic carbocycles. The van der Waals surface area contributed by atoms with Crippen molar-refractivity contribution in [2.45, 2.75) is 37.8 Å². The van der Waals surface area contributed by atoms with Crippen LogP contribution in [0.1, 0.15) is 43.1 Å². The van der Waals surface area contributed by atoms with E-state index < -0.39 is 11.9 Å². The Morgan fingerprint density at radius 1 is 1.00 bits per heavy atom. The van der Waals surface area contributed by atoms with Crippen molar-refractivity contribution in [3.05, 3.63) is 54.1 Å². The van der Waals surface area contributed by atoms with Crippen molar-refractivity contribution < 1.29 is 13.2 Å². The normalized spacial score (nSPS) is 16.0. The van der Waals surface area contributed by atoms with E-state index >= 15 is 0 Å². The molecule has 1 N–H and O–H groups in total. The van der Waals surface area contributed by atoms with Gasteiger partial charge in [-0.15, -0.1) is 0 Å². The topological polar surface area (TPSA) is 46.5 Å². The van der Waals surface area contributed by atoms with E-state index in [0.717, 1.165) is 54.2 Å². The third kappa shape index (κ3) is 2.69. The van der Waals surface area contributed by atoms with Gasteiger partial charge in [0.25, 0.3) is 0 Å². The van der Waals surface area contributed by atoms with Crippen molar-refractivity contribution in [2.75, 3.05) is 0 Å². The zero-order valence-electron chi connectivity index (χ0n) is 14.4. The lowest BCUT2D eigenvalue weighted by Crippen LogP contribution is -2.10. The number of H-pyrrole nitrogens is 1. The molecule has 3 aromatic heterocycles. The molecule has 3 heterocycles. The third-order valence-electron chi connectivity index (χ3n) is 5.34. The van der Waals surface area contributed by atoms with Crippen molar-refractivity contribution >= 4 is 22.1 Å². The van der Waals surface area contributed by atoms with E-state index in [2.05, 4.69) is 15.0 Å². The molecular weight excluding hydrogens is 353 g/mol. The summed E-state index contributed by atoms with van der Waals surface area (Å²) >= 11 is 0. The van der Waals surface area contributed by atoms with Crippen LogP contribution >= 0.6 is 0 Å². The van der Waals surface area contributed by atoms with Crippen LogP contribution in [0.2, 0.25) is 0 Å². The Morgan fingerprint density at radius 3 is 2.59 bits per heavy atom. The van der Waals surface area contributed by atoms with Gasteiger partial charge in [0, 0.05) is 28.7 Å². The van der Waals surface area contributed by atoms with Crippen molar-refractivity contribution in [1.29, 1.82) is 0 Å². The molecule has 1 aliphatic rings. The number of aromatic nitrogens is 4. The van der Waals surface area contributed by atoms with E-state index in [4.69, 9.17) is 0 Å². The summed E-state index contributed by atoms with van der Waals surface area (Å²) in [5.74, 6) is 1.06. The fourth-order valence-electron chi connectivity index (χ4n) is 4.02. The van der Waals surface area contributed by atoms with Crippen molar-refractivity contribution in [3.63, 3.8) is 0 Å². The number of hydrogen-bond donors (Lipinski definition) is 1. The first kappa shape index (κ1) is 16.4. The predicted molar refractivity (Wildman–Crippen MR) is 96.9 cm³/mol. The lowest BCUT2D eigenvalue weighted by molar-refractivity contribution is -0.141. The largest absolute Gasteiger partial charge is 0.433 e. The minimum Gasteiger partial charge on any atom is -0.361 e. The third-order valence-corrected chi connectivity index (χ3v) is 5.34. The Balaban J connectivity index is 1.78. The average molecular weight is 370 g/mol. The van der Waals surface area contributed by atoms with Crippen molar-refractivity contribution in [3.8, 4) is 5.69 Å². The first-order valence-corrected chi connectivity index (χ1v) is 9.05. The van der Waals surface area contributed by atoms with Gasteiger partial charge >= 0.3 is 6.18 Å². The lowest BCUT2D eigenvalue weighted by Gasteiger charge is -2.14. The Hall–Kier alpha value is -2.83. The Morgan fingerprint density at radius 2 is 1.81 bits per heavy atom. The van der Waals surface area contributed by atoms with Crippen LogP contribution in [0.5, 0.6) is 0 Å². The van der Waals surface area contributed by atoms with Crippen LogP contribution in [-0.4, -0.2) is 19.5 Å². The number of pyridine rings is 1. The molecule has 0 spiro atoms. The number of aromatic amines is 1. The summed E-state index contributed by atoms with van der Waals surface area (Å²) in [6.07, 6.45) is 1.60. The molecule has 0 aliphatic heterocycles. The number of fused-ring (bicyclic) bond motifs is 2. The number of imidazole rings is 1. The molecule has 5 rings (SSSR count). The zero-order chi connectivity index (χ0) is 18.6. The van der Waals surface area contributed by atoms with Gasteiger partial charge in [-0.25, -0.2) is 9.97 Å². The Bertz CT molecular complexity index is 1130. The minimum atomic E-state index is -4.48. The van der Waals surface area contributed by atoms with E-state index in [1.807, 2.05) is 35.0 Å². The molecule has 0 unspecified atom stereocenters. The molecular formula is C20H17F3N4. The first-order chi connectivity index (χ1) is 13.0. The smallest absolute Gasteiger partial charge is 0.361 e. The molecule has 138 valence electrons. The van der Waals surface area contributed by atoms with E-state index in [0.29, 0.717) is 5.52 Å². The van der Waals surface area contributed by atoms with Gasteiger partial charge < -0.3 is 4.98 Å². The van der Waals surface area contributed by atoms with Gasteiger partial charge in [-0.3, -0.25) is 4.57 Å². The fraction of sp³-hybridized carbons (Fsp3) is 0.300. The molecule has 0 amide bonds. The molecule has 1 aliphatic carbocycles. The van der Waals surface area contributed by atoms with Gasteiger partial charge in [0.2, 0.25) is 0 Å². The van der Waals surface area contributed by atoms with Gasteiger partial charge in [0.05, 0.1) is 0 Å². The molecule has 7 heteroatoms. The Labute approximate surface area is 153 Å². The standard InChI is InChI=1S/C20H17F3N4/c21-20(22,23)17-8-7-16-19(26-17)27(18(25-16)12-3-1-2-4-12)14-5-6-15-13(11-14)9-10-24-15/h5-12,24H,1-4H2. The maximum atomic E-state index is 13.2. The molecule has 0 radical (unpaired) electrons. The van der Waals surface area contributed by atoms with Gasteiger partial charge in [0.1, 0.15) is 17.0 Å². The summed E-state index contributed by atoms with van der Waals surface area (Å²) in [5.41, 5.74) is 1.64. The van der Waals surface area contributed by atoms with Crippen LogP contribution in [-0.2, 0) is 6.18 Å². The number of halogens is 3. The monoisotopic (exact) mass is 370 g/mol. The number of nitrogens with one attached hydrogen (secondary N) is 1. The summed E-state index contributed by atoms with van der Waals surface area (Å²) in [4.78, 5) is 11.8. The second-order valence-electron chi connectivity index (χ2n) is 7.07. The van der Waals surface area contributed by atoms with Gasteiger partial charge in [-0.1, -0.05) is 12.8 Å². The summed E-state index contributed by atoms with van der Waals surface area (Å²) in [6, 6.07) is 10.2. The van der Waals surface area contributed by atoms with Crippen LogP contribution in [0.4, 0.5) is 13.2 Å². The molecule has 0 saturated heterocycles. The number of nitrogens with zero attached hydrogens (tertiary/aromatic N) is 3. The van der Waals surface area contributed by atoms with Crippen LogP contribution in [0.15, 0.2) is 42.6 Å². The van der Waals surface area contributed by atoms with Crippen LogP contribution in [0, 0.1) is 0 Å². The highest BCUT2D eigenvalue weighted by atomic mass is 19.4. The SMILES string of the molecule is FC(F)(F)c1ccc2nc(C3CCCC3)n(-c3ccc4[nH]ccc4c3)c2n1. The van der Waals surface area contributed by atoms with E-state index in [1.54, 1.807) is 0 Å². The van der Waals surface area contributed by atoms with Gasteiger partial charge in [-0.2, -0.15) is 13.2 Å². The van der Waals surface area contributed by atoms with Gasteiger partial charge in [-0.05, 0) is 49.2 Å². The second kappa shape index (κ2) is 5.84. The second-order valence-corrected chi connectivity index (χ2v) is 7.07. The number of hydrogen-bond acceptors (Lipinski definition) is 2. The maximum Gasteiger partial charge on any atom is 0.433 e. The van der Waals surface area contributed by atoms with Crippen LogP contribution < -0.4 is 0 Å². The van der Waals surface area contributed by atoms with E-state index in [1.165, 1.54) is 6.07 Å². The Kier molecular flexibility index (Phi) is 3.54. The summed E-state index contributed by atoms with van der Waals surface area (Å²) < 4.78 is 41.5. The summed E-state index contributed by atoms with van der Waals surface area (Å²) in [7, 11) is 0. The van der Waals surface area contributed by atoms with Crippen molar-refractivity contribution in [2.24, 2.45) is 0 Å². The van der Waals surface area contributed by atoms with E-state index in [-0.39, 0.29) is 11.6 Å². The fourth-order valence-corrected chi connectivity index (χ4v) is 4.02. The van der Waals surface area contributed by atoms with Crippen LogP contribution in [0.3, 0.4) is 0 Å². The highest BCUT2D eigenvalue weighted by molar-refractivity contribution is 5.83. The molecule has 27 heavy (non-hydrogen) atoms. The molecule has 1 saturated carbocycles. The maximum absolute atomic E-state index is 13.2. The highest BCUT2D eigenvalue weighted by Crippen LogP contribution is 2.37.